The number of hydrogen-bond acceptors (Lipinski definition) is 11. The topological polar surface area (TPSA) is 97.4 Å². The van der Waals surface area contributed by atoms with Gasteiger partial charge in [-0.05, 0) is 122 Å². The minimum Gasteiger partial charge on any atom is -0.497 e. The van der Waals surface area contributed by atoms with E-state index in [-0.39, 0.29) is 23.4 Å². The minimum absolute atomic E-state index is 0.0582. The van der Waals surface area contributed by atoms with Crippen LogP contribution < -0.4 is 37.9 Å². The van der Waals surface area contributed by atoms with Crippen molar-refractivity contribution in [2.24, 2.45) is 0 Å². The second-order valence-electron chi connectivity index (χ2n) is 14.7. The summed E-state index contributed by atoms with van der Waals surface area (Å²) >= 11 is 0. The Balaban J connectivity index is 1.36. The first-order valence-electron chi connectivity index (χ1n) is 19.1. The van der Waals surface area contributed by atoms with Crippen molar-refractivity contribution in [2.45, 2.75) is 37.8 Å². The maximum Gasteiger partial charge on any atom is 0.344 e. The van der Waals surface area contributed by atoms with Crippen molar-refractivity contribution < 1.29 is 42.7 Å². The van der Waals surface area contributed by atoms with Crippen LogP contribution in [0.3, 0.4) is 0 Å². The number of methoxy groups -OCH3 is 5. The first-order chi connectivity index (χ1) is 27.7. The Hall–Kier alpha value is -5.91. The molecule has 9 rings (SSSR count). The number of carbonyl (C=O) groups excluding carboxylic acids is 1. The van der Waals surface area contributed by atoms with Crippen LogP contribution in [0.2, 0.25) is 0 Å². The Morgan fingerprint density at radius 3 is 1.91 bits per heavy atom. The molecule has 0 saturated carbocycles. The number of esters is 1. The number of benzene rings is 5. The van der Waals surface area contributed by atoms with Gasteiger partial charge in [-0.25, -0.2) is 4.79 Å². The molecule has 0 spiro atoms. The molecule has 11 heteroatoms. The van der Waals surface area contributed by atoms with E-state index in [9.17, 15) is 4.79 Å². The van der Waals surface area contributed by atoms with Crippen molar-refractivity contribution in [3.8, 4) is 57.5 Å². The molecule has 4 aliphatic rings. The molecule has 4 aliphatic heterocycles. The van der Waals surface area contributed by atoms with Crippen LogP contribution in [0.25, 0.3) is 0 Å². The molecule has 0 fully saturated rings. The molecular formula is C46H48N2O9. The number of fused-ring (bicyclic) bond motifs is 2. The lowest BCUT2D eigenvalue weighted by Crippen LogP contribution is -2.34. The van der Waals surface area contributed by atoms with Crippen LogP contribution in [0.1, 0.15) is 55.8 Å². The van der Waals surface area contributed by atoms with E-state index in [2.05, 4.69) is 54.2 Å². The molecule has 2 unspecified atom stereocenters. The Morgan fingerprint density at radius 2 is 1.23 bits per heavy atom. The van der Waals surface area contributed by atoms with E-state index in [1.54, 1.807) is 39.5 Å². The van der Waals surface area contributed by atoms with Crippen LogP contribution in [0.15, 0.2) is 78.9 Å². The van der Waals surface area contributed by atoms with Gasteiger partial charge in [-0.3, -0.25) is 9.80 Å². The van der Waals surface area contributed by atoms with E-state index < -0.39 is 5.97 Å². The van der Waals surface area contributed by atoms with Crippen molar-refractivity contribution in [3.63, 3.8) is 0 Å². The number of ether oxygens (including phenoxy) is 8. The third-order valence-corrected chi connectivity index (χ3v) is 11.4. The highest BCUT2D eigenvalue weighted by Gasteiger charge is 2.36. The molecule has 0 amide bonds. The lowest BCUT2D eigenvalue weighted by molar-refractivity contribution is 0.0723. The molecule has 296 valence electrons. The van der Waals surface area contributed by atoms with Gasteiger partial charge in [0.05, 0.1) is 41.1 Å². The molecule has 5 aromatic carbocycles. The van der Waals surface area contributed by atoms with E-state index in [4.69, 9.17) is 37.9 Å². The zero-order valence-electron chi connectivity index (χ0n) is 33.5. The van der Waals surface area contributed by atoms with Gasteiger partial charge in [0.1, 0.15) is 17.2 Å². The smallest absolute Gasteiger partial charge is 0.344 e. The first-order valence-corrected chi connectivity index (χ1v) is 19.1. The van der Waals surface area contributed by atoms with Crippen molar-refractivity contribution in [3.05, 3.63) is 118 Å². The summed E-state index contributed by atoms with van der Waals surface area (Å²) in [5, 5.41) is 0. The second kappa shape index (κ2) is 15.9. The first kappa shape index (κ1) is 38.0. The SMILES string of the molecule is COc1cc(OC)cc(C(=O)Oc2c(OC)cc3c4c2Oc2cc5c(cc2OC)CCN(C)C5Cc2ccc(cc2)Oc2cc(ccc2OC)CC4N(C)CC3)c1. The van der Waals surface area contributed by atoms with E-state index in [0.717, 1.165) is 60.4 Å². The summed E-state index contributed by atoms with van der Waals surface area (Å²) < 4.78 is 48.8. The monoisotopic (exact) mass is 772 g/mol. The molecule has 0 radical (unpaired) electrons. The zero-order chi connectivity index (χ0) is 39.8. The summed E-state index contributed by atoms with van der Waals surface area (Å²) in [5.41, 5.74) is 6.69. The minimum atomic E-state index is -0.632. The fourth-order valence-corrected chi connectivity index (χ4v) is 8.26. The average molecular weight is 773 g/mol. The zero-order valence-corrected chi connectivity index (χ0v) is 33.5. The molecular weight excluding hydrogens is 725 g/mol. The van der Waals surface area contributed by atoms with Crippen molar-refractivity contribution in [1.82, 2.24) is 9.80 Å². The molecule has 4 heterocycles. The maximum absolute atomic E-state index is 14.2. The predicted octanol–water partition coefficient (Wildman–Crippen LogP) is 8.39. The molecule has 0 N–H and O–H groups in total. The second-order valence-corrected chi connectivity index (χ2v) is 14.7. The van der Waals surface area contributed by atoms with Gasteiger partial charge in [-0.1, -0.05) is 18.2 Å². The lowest BCUT2D eigenvalue weighted by atomic mass is 9.87. The Bertz CT molecular complexity index is 2290. The summed E-state index contributed by atoms with van der Waals surface area (Å²) in [6.07, 6.45) is 2.93. The molecule has 0 aromatic heterocycles. The average Bonchev–Trinajstić information content (AvgIpc) is 3.23. The van der Waals surface area contributed by atoms with E-state index in [0.29, 0.717) is 52.4 Å². The van der Waals surface area contributed by atoms with Crippen LogP contribution in [0.5, 0.6) is 57.5 Å². The number of rotatable bonds is 7. The summed E-state index contributed by atoms with van der Waals surface area (Å²) in [7, 11) is 12.2. The normalized spacial score (nSPS) is 17.5. The van der Waals surface area contributed by atoms with Crippen LogP contribution >= 0.6 is 0 Å². The predicted molar refractivity (Wildman–Crippen MR) is 216 cm³/mol. The number of carbonyl (C=O) groups is 1. The molecule has 0 saturated heterocycles. The number of nitrogens with zero attached hydrogens (tertiary/aromatic N) is 2. The molecule has 0 aliphatic carbocycles. The van der Waals surface area contributed by atoms with Crippen molar-refractivity contribution in [2.75, 3.05) is 62.7 Å². The van der Waals surface area contributed by atoms with Crippen molar-refractivity contribution in [1.29, 1.82) is 0 Å². The van der Waals surface area contributed by atoms with E-state index in [1.165, 1.54) is 25.3 Å². The van der Waals surface area contributed by atoms with Crippen LogP contribution in [0.4, 0.5) is 0 Å². The highest BCUT2D eigenvalue weighted by molar-refractivity contribution is 5.93. The van der Waals surface area contributed by atoms with Crippen LogP contribution in [-0.4, -0.2) is 78.5 Å². The lowest BCUT2D eigenvalue weighted by Gasteiger charge is -2.37. The molecule has 11 nitrogen and oxygen atoms in total. The standard InChI is InChI=1S/C46H48N2O9/c1-47-16-14-29-23-39(53-6)41-26-35(29)36(47)18-27-8-11-32(12-9-27)55-40-20-28(10-13-38(40)52-5)19-37-43-30(15-17-48(37)2)24-42(54-7)44(45(43)56-41)57-46(49)31-21-33(50-3)25-34(22-31)51-4/h8-13,20-26,36-37H,14-19H2,1-7H3. The summed E-state index contributed by atoms with van der Waals surface area (Å²) in [6.45, 7) is 1.68. The summed E-state index contributed by atoms with van der Waals surface area (Å²) in [6, 6.07) is 25.2. The van der Waals surface area contributed by atoms with Gasteiger partial charge in [-0.15, -0.1) is 0 Å². The van der Waals surface area contributed by atoms with E-state index >= 15 is 0 Å². The number of likely N-dealkylation sites (N-methyl/N-ethyl adjacent to an activating group) is 2. The Labute approximate surface area is 333 Å². The molecule has 2 atom stereocenters. The highest BCUT2D eigenvalue weighted by Crippen LogP contribution is 2.52. The maximum atomic E-state index is 14.2. The van der Waals surface area contributed by atoms with E-state index in [1.807, 2.05) is 30.3 Å². The van der Waals surface area contributed by atoms with Gasteiger partial charge in [-0.2, -0.15) is 0 Å². The third kappa shape index (κ3) is 7.40. The van der Waals surface area contributed by atoms with Gasteiger partial charge < -0.3 is 37.9 Å². The van der Waals surface area contributed by atoms with Crippen molar-refractivity contribution >= 4 is 5.97 Å². The highest BCUT2D eigenvalue weighted by atomic mass is 16.6. The summed E-state index contributed by atoms with van der Waals surface area (Å²) in [5.74, 6) is 4.25. The molecule has 57 heavy (non-hydrogen) atoms. The van der Waals surface area contributed by atoms with Gasteiger partial charge in [0.25, 0.3) is 0 Å². The third-order valence-electron chi connectivity index (χ3n) is 11.4. The molecule has 6 bridgehead atoms. The fourth-order valence-electron chi connectivity index (χ4n) is 8.26. The van der Waals surface area contributed by atoms with Gasteiger partial charge >= 0.3 is 5.97 Å². The Morgan fingerprint density at radius 1 is 0.614 bits per heavy atom. The quantitative estimate of drug-likeness (QED) is 0.118. The van der Waals surface area contributed by atoms with Gasteiger partial charge in [0.15, 0.2) is 34.5 Å². The molecule has 5 aromatic rings. The number of hydrogen-bond donors (Lipinski definition) is 0. The Kier molecular flexibility index (Phi) is 10.6. The van der Waals surface area contributed by atoms with Gasteiger partial charge in [0, 0.05) is 36.8 Å². The largest absolute Gasteiger partial charge is 0.497 e. The van der Waals surface area contributed by atoms with Crippen LogP contribution in [0, 0.1) is 0 Å². The summed E-state index contributed by atoms with van der Waals surface area (Å²) in [4.78, 5) is 18.9. The van der Waals surface area contributed by atoms with Gasteiger partial charge in [0.2, 0.25) is 5.75 Å². The fraction of sp³-hybridized carbons (Fsp3) is 0.326. The van der Waals surface area contributed by atoms with Crippen LogP contribution in [-0.2, 0) is 25.7 Å².